The fourth-order valence-electron chi connectivity index (χ4n) is 5.27. The first-order valence-electron chi connectivity index (χ1n) is 13.3. The molecule has 5 aromatic rings. The van der Waals surface area contributed by atoms with Crippen molar-refractivity contribution in [3.63, 3.8) is 0 Å². The third kappa shape index (κ3) is 5.50. The molecule has 0 radical (unpaired) electrons. The van der Waals surface area contributed by atoms with Crippen molar-refractivity contribution in [2.24, 2.45) is 0 Å². The maximum Gasteiger partial charge on any atom is 0.323 e. The van der Waals surface area contributed by atoms with Crippen LogP contribution in [0.15, 0.2) is 84.4 Å². The number of hydrogen-bond donors (Lipinski definition) is 3. The molecular weight excluding hydrogens is 502 g/mol. The molecule has 2 amide bonds. The van der Waals surface area contributed by atoms with E-state index >= 15 is 0 Å². The number of fused-ring (bicyclic) bond motifs is 1. The number of anilines is 3. The van der Waals surface area contributed by atoms with E-state index in [1.54, 1.807) is 11.3 Å². The van der Waals surface area contributed by atoms with Gasteiger partial charge in [-0.05, 0) is 90.8 Å². The number of rotatable bonds is 6. The summed E-state index contributed by atoms with van der Waals surface area (Å²) in [5.74, 6) is 0.526. The van der Waals surface area contributed by atoms with Crippen LogP contribution in [0, 0.1) is 6.92 Å². The minimum Gasteiger partial charge on any atom is -0.383 e. The lowest BCUT2D eigenvalue weighted by molar-refractivity contribution is 0.262. The Morgan fingerprint density at radius 2 is 1.69 bits per heavy atom. The number of urea groups is 1. The molecule has 7 heteroatoms. The Kier molecular flexibility index (Phi) is 7.00. The minimum atomic E-state index is -0.278. The van der Waals surface area contributed by atoms with Crippen molar-refractivity contribution in [2.45, 2.75) is 26.3 Å². The maximum absolute atomic E-state index is 12.5. The monoisotopic (exact) mass is 533 g/mol. The fraction of sp³-hybridized carbons (Fsp3) is 0.188. The number of nitrogens with two attached hydrogens (primary N) is 1. The first-order chi connectivity index (χ1) is 19.0. The highest BCUT2D eigenvalue weighted by Gasteiger charge is 2.17. The number of aryl methyl sites for hydroxylation is 1. The number of pyridine rings is 1. The molecule has 1 aliphatic rings. The summed E-state index contributed by atoms with van der Waals surface area (Å²) in [5.41, 5.74) is 14.7. The van der Waals surface area contributed by atoms with Gasteiger partial charge >= 0.3 is 6.03 Å². The van der Waals surface area contributed by atoms with E-state index in [2.05, 4.69) is 50.2 Å². The van der Waals surface area contributed by atoms with E-state index < -0.39 is 0 Å². The Morgan fingerprint density at radius 3 is 2.49 bits per heavy atom. The van der Waals surface area contributed by atoms with Crippen molar-refractivity contribution in [1.29, 1.82) is 0 Å². The van der Waals surface area contributed by atoms with Crippen LogP contribution in [-0.2, 0) is 6.54 Å². The number of aromatic nitrogens is 1. The third-order valence-electron chi connectivity index (χ3n) is 7.20. The van der Waals surface area contributed by atoms with E-state index in [0.717, 1.165) is 50.1 Å². The van der Waals surface area contributed by atoms with Gasteiger partial charge in [0.05, 0.1) is 0 Å². The van der Waals surface area contributed by atoms with Crippen molar-refractivity contribution in [3.05, 3.63) is 95.5 Å². The van der Waals surface area contributed by atoms with Crippen LogP contribution in [0.1, 0.15) is 24.0 Å². The van der Waals surface area contributed by atoms with Gasteiger partial charge in [-0.3, -0.25) is 4.90 Å². The number of amides is 2. The second kappa shape index (κ2) is 10.9. The normalized spacial score (nSPS) is 13.6. The van der Waals surface area contributed by atoms with Crippen molar-refractivity contribution >= 4 is 44.6 Å². The molecule has 0 bridgehead atoms. The predicted octanol–water partition coefficient (Wildman–Crippen LogP) is 7.76. The Labute approximate surface area is 232 Å². The van der Waals surface area contributed by atoms with Gasteiger partial charge in [0.2, 0.25) is 0 Å². The van der Waals surface area contributed by atoms with Gasteiger partial charge in [0, 0.05) is 45.3 Å². The molecular formula is C32H31N5OS. The van der Waals surface area contributed by atoms with Gasteiger partial charge in [-0.1, -0.05) is 42.5 Å². The highest BCUT2D eigenvalue weighted by Crippen LogP contribution is 2.42. The van der Waals surface area contributed by atoms with Crippen LogP contribution in [0.3, 0.4) is 0 Å². The Balaban J connectivity index is 1.24. The van der Waals surface area contributed by atoms with E-state index in [1.165, 1.54) is 31.5 Å². The van der Waals surface area contributed by atoms with E-state index in [0.29, 0.717) is 11.5 Å². The number of carbonyl (C=O) groups excluding carboxylic acids is 1. The second-order valence-corrected chi connectivity index (χ2v) is 11.0. The molecule has 1 aliphatic heterocycles. The highest BCUT2D eigenvalue weighted by molar-refractivity contribution is 7.18. The van der Waals surface area contributed by atoms with Gasteiger partial charge in [-0.2, -0.15) is 0 Å². The molecule has 6 rings (SSSR count). The lowest BCUT2D eigenvalue weighted by atomic mass is 10.00. The summed E-state index contributed by atoms with van der Waals surface area (Å²) in [5, 5.41) is 8.90. The average Bonchev–Trinajstić information content (AvgIpc) is 3.60. The maximum atomic E-state index is 12.5. The number of carbonyl (C=O) groups is 1. The first kappa shape index (κ1) is 25.1. The highest BCUT2D eigenvalue weighted by atomic mass is 32.1. The Hall–Kier alpha value is -4.20. The van der Waals surface area contributed by atoms with Gasteiger partial charge in [0.25, 0.3) is 0 Å². The molecule has 0 saturated carbocycles. The molecule has 0 aliphatic carbocycles. The molecule has 3 aromatic carbocycles. The SMILES string of the molecule is Cc1cccc(NC(=O)Nc2ccc(-c3csc4c(-c5cccc(CN6CCCC6)c5)cnc(N)c34)cc2)c1. The van der Waals surface area contributed by atoms with Crippen LogP contribution in [0.4, 0.5) is 22.0 Å². The summed E-state index contributed by atoms with van der Waals surface area (Å²) in [6, 6.07) is 24.0. The quantitative estimate of drug-likeness (QED) is 0.208. The van der Waals surface area contributed by atoms with Crippen LogP contribution in [0.25, 0.3) is 32.3 Å². The number of nitrogens with zero attached hydrogens (tertiary/aromatic N) is 2. The smallest absolute Gasteiger partial charge is 0.323 e. The Bertz CT molecular complexity index is 1640. The molecule has 0 atom stereocenters. The average molecular weight is 534 g/mol. The second-order valence-electron chi connectivity index (χ2n) is 10.1. The van der Waals surface area contributed by atoms with Crippen LogP contribution >= 0.6 is 11.3 Å². The largest absolute Gasteiger partial charge is 0.383 e. The van der Waals surface area contributed by atoms with Crippen molar-refractivity contribution < 1.29 is 4.79 Å². The van der Waals surface area contributed by atoms with Crippen molar-refractivity contribution in [3.8, 4) is 22.3 Å². The standard InChI is InChI=1S/C32H31N5OS/c1-21-6-4-9-26(16-21)36-32(38)35-25-12-10-23(11-13-25)28-20-39-30-27(18-34-31(33)29(28)30)24-8-5-7-22(17-24)19-37-14-2-3-15-37/h4-13,16-18,20H,2-3,14-15,19H2,1H3,(H2,33,34)(H2,35,36,38). The number of thiophene rings is 1. The van der Waals surface area contributed by atoms with Crippen LogP contribution in [0.5, 0.6) is 0 Å². The van der Waals surface area contributed by atoms with Crippen LogP contribution < -0.4 is 16.4 Å². The lowest BCUT2D eigenvalue weighted by Gasteiger charge is -2.15. The zero-order valence-corrected chi connectivity index (χ0v) is 22.7. The van der Waals surface area contributed by atoms with Crippen LogP contribution in [-0.4, -0.2) is 29.0 Å². The molecule has 1 saturated heterocycles. The van der Waals surface area contributed by atoms with Gasteiger partial charge in [-0.15, -0.1) is 11.3 Å². The summed E-state index contributed by atoms with van der Waals surface area (Å²) in [7, 11) is 0. The van der Waals surface area contributed by atoms with E-state index in [9.17, 15) is 4.79 Å². The van der Waals surface area contributed by atoms with E-state index in [1.807, 2.05) is 61.7 Å². The predicted molar refractivity (Wildman–Crippen MR) is 163 cm³/mol. The number of hydrogen-bond acceptors (Lipinski definition) is 5. The molecule has 196 valence electrons. The molecule has 39 heavy (non-hydrogen) atoms. The molecule has 1 fully saturated rings. The van der Waals surface area contributed by atoms with Gasteiger partial charge in [0.1, 0.15) is 5.82 Å². The molecule has 0 unspecified atom stereocenters. The molecule has 3 heterocycles. The van der Waals surface area contributed by atoms with Gasteiger partial charge < -0.3 is 16.4 Å². The van der Waals surface area contributed by atoms with E-state index in [-0.39, 0.29) is 6.03 Å². The topological polar surface area (TPSA) is 83.3 Å². The summed E-state index contributed by atoms with van der Waals surface area (Å²) in [6.45, 7) is 5.34. The summed E-state index contributed by atoms with van der Waals surface area (Å²) in [4.78, 5) is 19.6. The Morgan fingerprint density at radius 1 is 0.923 bits per heavy atom. The van der Waals surface area contributed by atoms with Crippen molar-refractivity contribution in [1.82, 2.24) is 9.88 Å². The lowest BCUT2D eigenvalue weighted by Crippen LogP contribution is -2.19. The number of nitrogen functional groups attached to an aromatic ring is 1. The summed E-state index contributed by atoms with van der Waals surface area (Å²) < 4.78 is 1.13. The molecule has 2 aromatic heterocycles. The minimum absolute atomic E-state index is 0.278. The number of benzene rings is 3. The van der Waals surface area contributed by atoms with Crippen molar-refractivity contribution in [2.75, 3.05) is 29.5 Å². The fourth-order valence-corrected chi connectivity index (χ4v) is 6.39. The summed E-state index contributed by atoms with van der Waals surface area (Å²) >= 11 is 1.69. The zero-order valence-electron chi connectivity index (χ0n) is 21.9. The molecule has 6 nitrogen and oxygen atoms in total. The number of likely N-dealkylation sites (tertiary alicyclic amines) is 1. The molecule has 0 spiro atoms. The summed E-state index contributed by atoms with van der Waals surface area (Å²) in [6.07, 6.45) is 4.47. The number of nitrogens with one attached hydrogen (secondary N) is 2. The van der Waals surface area contributed by atoms with Crippen LogP contribution in [0.2, 0.25) is 0 Å². The zero-order chi connectivity index (χ0) is 26.8. The van der Waals surface area contributed by atoms with Gasteiger partial charge in [-0.25, -0.2) is 9.78 Å². The van der Waals surface area contributed by atoms with Gasteiger partial charge in [0.15, 0.2) is 0 Å². The molecule has 4 N–H and O–H groups in total. The third-order valence-corrected chi connectivity index (χ3v) is 8.21. The van der Waals surface area contributed by atoms with E-state index in [4.69, 9.17) is 5.73 Å². The first-order valence-corrected chi connectivity index (χ1v) is 14.1.